The molecule has 0 radical (unpaired) electrons. The number of aryl methyl sites for hydroxylation is 1. The molecule has 7 heteroatoms. The van der Waals surface area contributed by atoms with Crippen LogP contribution in [0.2, 0.25) is 0 Å². The van der Waals surface area contributed by atoms with Gasteiger partial charge in [-0.1, -0.05) is 29.5 Å². The van der Waals surface area contributed by atoms with Crippen LogP contribution < -0.4 is 4.74 Å². The second-order valence-electron chi connectivity index (χ2n) is 5.55. The van der Waals surface area contributed by atoms with Crippen LogP contribution in [0.5, 0.6) is 5.75 Å². The topological polar surface area (TPSA) is 56.5 Å². The van der Waals surface area contributed by atoms with Gasteiger partial charge in [0.1, 0.15) is 22.1 Å². The van der Waals surface area contributed by atoms with E-state index in [4.69, 9.17) is 4.74 Å². The van der Waals surface area contributed by atoms with Crippen LogP contribution in [0.25, 0.3) is 15.5 Å². The molecule has 4 rings (SSSR count). The van der Waals surface area contributed by atoms with Gasteiger partial charge in [0, 0.05) is 6.42 Å². The molecule has 3 aromatic heterocycles. The molecule has 126 valence electrons. The summed E-state index contributed by atoms with van der Waals surface area (Å²) in [5, 5.41) is 7.40. The van der Waals surface area contributed by atoms with E-state index in [1.54, 1.807) is 15.9 Å². The Morgan fingerprint density at radius 3 is 2.96 bits per heavy atom. The fourth-order valence-corrected chi connectivity index (χ4v) is 4.17. The Morgan fingerprint density at radius 2 is 2.20 bits per heavy atom. The van der Waals surface area contributed by atoms with E-state index in [2.05, 4.69) is 10.1 Å². The molecule has 0 aliphatic rings. The Labute approximate surface area is 152 Å². The minimum atomic E-state index is 0.500. The van der Waals surface area contributed by atoms with E-state index in [9.17, 15) is 4.79 Å². The monoisotopic (exact) mass is 369 g/mol. The standard InChI is InChI=1S/C18H15N3O2S2/c1-12-4-2-5-13(10-12)23-8-7-16-20-21-14(11-22)17(19-18(21)25-16)15-6-3-9-24-15/h2-6,9-11H,7-8H2,1H3. The maximum atomic E-state index is 11.5. The Kier molecular flexibility index (Phi) is 4.33. The number of aromatic nitrogens is 3. The second kappa shape index (κ2) is 6.78. The summed E-state index contributed by atoms with van der Waals surface area (Å²) in [5.74, 6) is 0.856. The first-order valence-electron chi connectivity index (χ1n) is 7.81. The van der Waals surface area contributed by atoms with Gasteiger partial charge in [-0.15, -0.1) is 11.3 Å². The molecule has 1 aromatic carbocycles. The van der Waals surface area contributed by atoms with E-state index in [0.29, 0.717) is 24.4 Å². The minimum absolute atomic E-state index is 0.500. The van der Waals surface area contributed by atoms with Crippen molar-refractivity contribution in [1.29, 1.82) is 0 Å². The fourth-order valence-electron chi connectivity index (χ4n) is 2.57. The van der Waals surface area contributed by atoms with Crippen LogP contribution in [0.3, 0.4) is 0 Å². The van der Waals surface area contributed by atoms with Crippen molar-refractivity contribution in [3.05, 3.63) is 58.0 Å². The van der Waals surface area contributed by atoms with Gasteiger partial charge in [0.15, 0.2) is 6.29 Å². The number of nitrogens with zero attached hydrogens (tertiary/aromatic N) is 3. The number of thiophene rings is 1. The van der Waals surface area contributed by atoms with Crippen LogP contribution in [0, 0.1) is 6.92 Å². The van der Waals surface area contributed by atoms with Crippen LogP contribution in [-0.4, -0.2) is 27.5 Å². The van der Waals surface area contributed by atoms with Gasteiger partial charge in [-0.25, -0.2) is 4.98 Å². The first kappa shape index (κ1) is 16.0. The van der Waals surface area contributed by atoms with Crippen molar-refractivity contribution in [1.82, 2.24) is 14.6 Å². The maximum Gasteiger partial charge on any atom is 0.213 e. The highest BCUT2D eigenvalue weighted by atomic mass is 32.1. The second-order valence-corrected chi connectivity index (χ2v) is 7.53. The maximum absolute atomic E-state index is 11.5. The Hall–Kier alpha value is -2.51. The van der Waals surface area contributed by atoms with Gasteiger partial charge in [0.2, 0.25) is 4.96 Å². The number of imidazole rings is 1. The molecule has 0 saturated heterocycles. The number of carbonyl (C=O) groups excluding carboxylic acids is 1. The summed E-state index contributed by atoms with van der Waals surface area (Å²) >= 11 is 3.05. The van der Waals surface area contributed by atoms with E-state index in [-0.39, 0.29) is 0 Å². The van der Waals surface area contributed by atoms with E-state index >= 15 is 0 Å². The van der Waals surface area contributed by atoms with Gasteiger partial charge >= 0.3 is 0 Å². The third-order valence-electron chi connectivity index (χ3n) is 3.72. The summed E-state index contributed by atoms with van der Waals surface area (Å²) in [4.78, 5) is 17.8. The highest BCUT2D eigenvalue weighted by Crippen LogP contribution is 2.29. The van der Waals surface area contributed by atoms with Crippen molar-refractivity contribution in [2.24, 2.45) is 0 Å². The van der Waals surface area contributed by atoms with Crippen LogP contribution in [0.15, 0.2) is 41.8 Å². The molecule has 25 heavy (non-hydrogen) atoms. The van der Waals surface area contributed by atoms with Crippen molar-refractivity contribution < 1.29 is 9.53 Å². The third kappa shape index (κ3) is 3.20. The Bertz CT molecular complexity index is 1020. The number of benzene rings is 1. The smallest absolute Gasteiger partial charge is 0.213 e. The molecule has 0 aliphatic carbocycles. The fraction of sp³-hybridized carbons (Fsp3) is 0.167. The number of carbonyl (C=O) groups is 1. The molecule has 3 heterocycles. The zero-order valence-electron chi connectivity index (χ0n) is 13.5. The zero-order valence-corrected chi connectivity index (χ0v) is 15.1. The molecule has 0 bridgehead atoms. The average Bonchev–Trinajstić information content (AvgIpc) is 3.30. The molecule has 0 N–H and O–H groups in total. The highest BCUT2D eigenvalue weighted by molar-refractivity contribution is 7.16. The lowest BCUT2D eigenvalue weighted by Crippen LogP contribution is -2.02. The normalized spacial score (nSPS) is 11.1. The molecule has 0 unspecified atom stereocenters. The quantitative estimate of drug-likeness (QED) is 0.477. The first-order valence-corrected chi connectivity index (χ1v) is 9.51. The number of rotatable bonds is 6. The van der Waals surface area contributed by atoms with Crippen molar-refractivity contribution in [2.75, 3.05) is 6.61 Å². The number of hydrogen-bond acceptors (Lipinski definition) is 6. The Morgan fingerprint density at radius 1 is 1.28 bits per heavy atom. The zero-order chi connectivity index (χ0) is 17.2. The third-order valence-corrected chi connectivity index (χ3v) is 5.57. The molecular formula is C18H15N3O2S2. The number of hydrogen-bond donors (Lipinski definition) is 0. The summed E-state index contributed by atoms with van der Waals surface area (Å²) in [6.45, 7) is 2.57. The minimum Gasteiger partial charge on any atom is -0.493 e. The lowest BCUT2D eigenvalue weighted by molar-refractivity contribution is 0.111. The van der Waals surface area contributed by atoms with E-state index in [1.807, 2.05) is 48.7 Å². The number of fused-ring (bicyclic) bond motifs is 1. The molecule has 0 amide bonds. The van der Waals surface area contributed by atoms with Gasteiger partial charge in [0.25, 0.3) is 0 Å². The van der Waals surface area contributed by atoms with Crippen LogP contribution >= 0.6 is 22.7 Å². The summed E-state index contributed by atoms with van der Waals surface area (Å²) in [6, 6.07) is 11.9. The van der Waals surface area contributed by atoms with Crippen molar-refractivity contribution in [3.8, 4) is 16.3 Å². The Balaban J connectivity index is 1.52. The van der Waals surface area contributed by atoms with Crippen LogP contribution in [0.4, 0.5) is 0 Å². The van der Waals surface area contributed by atoms with Crippen LogP contribution in [-0.2, 0) is 6.42 Å². The summed E-state index contributed by atoms with van der Waals surface area (Å²) in [7, 11) is 0. The number of aldehydes is 1. The molecule has 5 nitrogen and oxygen atoms in total. The molecule has 4 aromatic rings. The molecule has 0 saturated carbocycles. The molecule has 0 spiro atoms. The van der Waals surface area contributed by atoms with E-state index < -0.39 is 0 Å². The van der Waals surface area contributed by atoms with Gasteiger partial charge in [-0.3, -0.25) is 4.79 Å². The van der Waals surface area contributed by atoms with Gasteiger partial charge in [-0.2, -0.15) is 9.61 Å². The average molecular weight is 369 g/mol. The predicted octanol–water partition coefficient (Wildman–Crippen LogP) is 4.26. The molecule has 0 atom stereocenters. The van der Waals surface area contributed by atoms with E-state index in [0.717, 1.165) is 26.9 Å². The van der Waals surface area contributed by atoms with Crippen molar-refractivity contribution in [3.63, 3.8) is 0 Å². The van der Waals surface area contributed by atoms with Crippen LogP contribution in [0.1, 0.15) is 21.1 Å². The molecular weight excluding hydrogens is 354 g/mol. The number of ether oxygens (including phenoxy) is 1. The summed E-state index contributed by atoms with van der Waals surface area (Å²) < 4.78 is 7.41. The molecule has 0 aliphatic heterocycles. The predicted molar refractivity (Wildman–Crippen MR) is 99.9 cm³/mol. The summed E-state index contributed by atoms with van der Waals surface area (Å²) in [5.41, 5.74) is 2.37. The molecule has 0 fully saturated rings. The summed E-state index contributed by atoms with van der Waals surface area (Å²) in [6.07, 6.45) is 1.50. The highest BCUT2D eigenvalue weighted by Gasteiger charge is 2.18. The van der Waals surface area contributed by atoms with Gasteiger partial charge < -0.3 is 4.74 Å². The SMILES string of the molecule is Cc1cccc(OCCc2nn3c(C=O)c(-c4cccs4)nc3s2)c1. The first-order chi connectivity index (χ1) is 12.2. The largest absolute Gasteiger partial charge is 0.493 e. The lowest BCUT2D eigenvalue weighted by Gasteiger charge is -2.05. The lowest BCUT2D eigenvalue weighted by atomic mass is 10.2. The van der Waals surface area contributed by atoms with Crippen molar-refractivity contribution >= 4 is 33.9 Å². The van der Waals surface area contributed by atoms with Crippen molar-refractivity contribution in [2.45, 2.75) is 13.3 Å². The van der Waals surface area contributed by atoms with E-state index in [1.165, 1.54) is 16.9 Å². The van der Waals surface area contributed by atoms with Gasteiger partial charge in [-0.05, 0) is 36.1 Å². The van der Waals surface area contributed by atoms with Gasteiger partial charge in [0.05, 0.1) is 11.5 Å².